The Labute approximate surface area is 81.4 Å². The molecule has 0 spiro atoms. The van der Waals surface area contributed by atoms with E-state index in [0.29, 0.717) is 6.04 Å². The van der Waals surface area contributed by atoms with Gasteiger partial charge in [-0.2, -0.15) is 5.10 Å². The van der Waals surface area contributed by atoms with Crippen molar-refractivity contribution in [2.45, 2.75) is 18.9 Å². The molecule has 0 unspecified atom stereocenters. The molecule has 0 radical (unpaired) electrons. The second-order valence-corrected chi connectivity index (χ2v) is 3.63. The van der Waals surface area contributed by atoms with Crippen LogP contribution in [0.25, 0.3) is 11.5 Å². The molecule has 1 saturated carbocycles. The van der Waals surface area contributed by atoms with Crippen molar-refractivity contribution in [1.82, 2.24) is 24.5 Å². The third-order valence-electron chi connectivity index (χ3n) is 2.56. The first kappa shape index (κ1) is 7.73. The minimum absolute atomic E-state index is 0.606. The normalized spacial score (nSPS) is 16.1. The Kier molecular flexibility index (Phi) is 1.47. The minimum atomic E-state index is 0.606. The molecule has 72 valence electrons. The highest BCUT2D eigenvalue weighted by atomic mass is 15.3. The lowest BCUT2D eigenvalue weighted by Crippen LogP contribution is -2.01. The lowest BCUT2D eigenvalue weighted by Gasteiger charge is -2.03. The largest absolute Gasteiger partial charge is 0.309 e. The van der Waals surface area contributed by atoms with Crippen LogP contribution in [0.1, 0.15) is 18.9 Å². The molecule has 0 saturated heterocycles. The summed E-state index contributed by atoms with van der Waals surface area (Å²) in [6, 6.07) is 2.57. The molecule has 0 bridgehead atoms. The van der Waals surface area contributed by atoms with Crippen molar-refractivity contribution in [2.75, 3.05) is 0 Å². The quantitative estimate of drug-likeness (QED) is 0.708. The number of rotatable bonds is 2. The van der Waals surface area contributed by atoms with Crippen molar-refractivity contribution >= 4 is 0 Å². The van der Waals surface area contributed by atoms with Crippen LogP contribution >= 0.6 is 0 Å². The molecule has 0 amide bonds. The second kappa shape index (κ2) is 2.67. The molecule has 2 aromatic heterocycles. The molecule has 5 heteroatoms. The molecule has 5 nitrogen and oxygen atoms in total. The van der Waals surface area contributed by atoms with Crippen LogP contribution in [0.4, 0.5) is 0 Å². The monoisotopic (exact) mass is 189 g/mol. The second-order valence-electron chi connectivity index (χ2n) is 3.63. The highest BCUT2D eigenvalue weighted by Crippen LogP contribution is 2.37. The summed E-state index contributed by atoms with van der Waals surface area (Å²) in [5, 5.41) is 12.2. The Morgan fingerprint density at radius 3 is 2.93 bits per heavy atom. The van der Waals surface area contributed by atoms with Crippen LogP contribution in [-0.4, -0.2) is 24.5 Å². The van der Waals surface area contributed by atoms with E-state index in [-0.39, 0.29) is 0 Å². The van der Waals surface area contributed by atoms with E-state index in [4.69, 9.17) is 0 Å². The summed E-state index contributed by atoms with van der Waals surface area (Å²) in [4.78, 5) is 0. The summed E-state index contributed by atoms with van der Waals surface area (Å²) in [5.41, 5.74) is 1.02. The Hall–Kier alpha value is -1.65. The molecule has 2 heterocycles. The van der Waals surface area contributed by atoms with Crippen molar-refractivity contribution in [3.63, 3.8) is 0 Å². The zero-order chi connectivity index (χ0) is 9.54. The van der Waals surface area contributed by atoms with E-state index in [0.717, 1.165) is 11.5 Å². The van der Waals surface area contributed by atoms with E-state index in [2.05, 4.69) is 19.9 Å². The van der Waals surface area contributed by atoms with Gasteiger partial charge in [-0.3, -0.25) is 4.68 Å². The standard InChI is InChI=1S/C9H11N5/c1-13-8(4-5-11-13)9-12-10-6-14(9)7-2-3-7/h4-7H,2-3H2,1H3. The summed E-state index contributed by atoms with van der Waals surface area (Å²) in [5.74, 6) is 0.924. The SMILES string of the molecule is Cn1nccc1-c1nncn1C1CC1. The van der Waals surface area contributed by atoms with Gasteiger partial charge >= 0.3 is 0 Å². The average molecular weight is 189 g/mol. The van der Waals surface area contributed by atoms with Crippen molar-refractivity contribution in [2.24, 2.45) is 7.05 Å². The lowest BCUT2D eigenvalue weighted by molar-refractivity contribution is 0.720. The van der Waals surface area contributed by atoms with Crippen molar-refractivity contribution in [1.29, 1.82) is 0 Å². The van der Waals surface area contributed by atoms with E-state index < -0.39 is 0 Å². The van der Waals surface area contributed by atoms with Gasteiger partial charge in [0.15, 0.2) is 5.82 Å². The van der Waals surface area contributed by atoms with Crippen LogP contribution in [0.2, 0.25) is 0 Å². The van der Waals surface area contributed by atoms with Crippen molar-refractivity contribution in [3.05, 3.63) is 18.6 Å². The Bertz CT molecular complexity index is 451. The van der Waals surface area contributed by atoms with Gasteiger partial charge in [0.1, 0.15) is 12.0 Å². The predicted molar refractivity (Wildman–Crippen MR) is 50.5 cm³/mol. The van der Waals surface area contributed by atoms with Gasteiger partial charge in [-0.25, -0.2) is 0 Å². The summed E-state index contributed by atoms with van der Waals surface area (Å²) >= 11 is 0. The number of aryl methyl sites for hydroxylation is 1. The van der Waals surface area contributed by atoms with Gasteiger partial charge in [-0.15, -0.1) is 10.2 Å². The van der Waals surface area contributed by atoms with Crippen LogP contribution in [0.3, 0.4) is 0 Å². The van der Waals surface area contributed by atoms with Crippen LogP contribution < -0.4 is 0 Å². The lowest BCUT2D eigenvalue weighted by atomic mass is 10.4. The fraction of sp³-hybridized carbons (Fsp3) is 0.444. The molecule has 1 aliphatic rings. The Morgan fingerprint density at radius 1 is 1.43 bits per heavy atom. The van der Waals surface area contributed by atoms with Crippen LogP contribution in [0, 0.1) is 0 Å². The van der Waals surface area contributed by atoms with Crippen LogP contribution in [-0.2, 0) is 7.05 Å². The highest BCUT2D eigenvalue weighted by molar-refractivity contribution is 5.49. The van der Waals surface area contributed by atoms with Gasteiger partial charge in [0.2, 0.25) is 0 Å². The molecule has 14 heavy (non-hydrogen) atoms. The van der Waals surface area contributed by atoms with Crippen LogP contribution in [0.15, 0.2) is 18.6 Å². The van der Waals surface area contributed by atoms with Gasteiger partial charge in [0.25, 0.3) is 0 Å². The molecule has 1 fully saturated rings. The van der Waals surface area contributed by atoms with Gasteiger partial charge in [-0.05, 0) is 18.9 Å². The van der Waals surface area contributed by atoms with E-state index in [1.165, 1.54) is 12.8 Å². The molecule has 0 aliphatic heterocycles. The molecule has 0 N–H and O–H groups in total. The van der Waals surface area contributed by atoms with E-state index in [1.54, 1.807) is 12.5 Å². The van der Waals surface area contributed by atoms with Gasteiger partial charge in [-0.1, -0.05) is 0 Å². The first-order valence-corrected chi connectivity index (χ1v) is 4.74. The molecular formula is C9H11N5. The maximum absolute atomic E-state index is 4.13. The Balaban J connectivity index is 2.11. The number of aromatic nitrogens is 5. The number of hydrogen-bond acceptors (Lipinski definition) is 3. The summed E-state index contributed by atoms with van der Waals surface area (Å²) in [6.07, 6.45) is 6.06. The summed E-state index contributed by atoms with van der Waals surface area (Å²) < 4.78 is 3.96. The first-order chi connectivity index (χ1) is 6.86. The van der Waals surface area contributed by atoms with Gasteiger partial charge in [0, 0.05) is 19.3 Å². The predicted octanol–water partition coefficient (Wildman–Crippen LogP) is 1.01. The third-order valence-corrected chi connectivity index (χ3v) is 2.56. The fourth-order valence-electron chi connectivity index (χ4n) is 1.64. The summed E-state index contributed by atoms with van der Waals surface area (Å²) in [6.45, 7) is 0. The van der Waals surface area contributed by atoms with Crippen molar-refractivity contribution in [3.8, 4) is 11.5 Å². The van der Waals surface area contributed by atoms with E-state index >= 15 is 0 Å². The maximum atomic E-state index is 4.13. The fourth-order valence-corrected chi connectivity index (χ4v) is 1.64. The van der Waals surface area contributed by atoms with Gasteiger partial charge in [0.05, 0.1) is 0 Å². The molecule has 2 aromatic rings. The Morgan fingerprint density at radius 2 is 2.29 bits per heavy atom. The first-order valence-electron chi connectivity index (χ1n) is 4.74. The topological polar surface area (TPSA) is 48.5 Å². The molecule has 3 rings (SSSR count). The minimum Gasteiger partial charge on any atom is -0.309 e. The van der Waals surface area contributed by atoms with Crippen molar-refractivity contribution < 1.29 is 0 Å². The zero-order valence-electron chi connectivity index (χ0n) is 7.96. The molecule has 0 aromatic carbocycles. The smallest absolute Gasteiger partial charge is 0.182 e. The third kappa shape index (κ3) is 1.05. The van der Waals surface area contributed by atoms with Crippen LogP contribution in [0.5, 0.6) is 0 Å². The average Bonchev–Trinajstić information content (AvgIpc) is 2.75. The number of hydrogen-bond donors (Lipinski definition) is 0. The van der Waals surface area contributed by atoms with E-state index in [9.17, 15) is 0 Å². The highest BCUT2D eigenvalue weighted by Gasteiger charge is 2.27. The summed E-state index contributed by atoms with van der Waals surface area (Å²) in [7, 11) is 1.92. The molecule has 1 aliphatic carbocycles. The zero-order valence-corrected chi connectivity index (χ0v) is 7.96. The van der Waals surface area contributed by atoms with E-state index in [1.807, 2.05) is 17.8 Å². The number of nitrogens with zero attached hydrogens (tertiary/aromatic N) is 5. The molecular weight excluding hydrogens is 178 g/mol. The molecule has 0 atom stereocenters. The van der Waals surface area contributed by atoms with Gasteiger partial charge < -0.3 is 4.57 Å². The maximum Gasteiger partial charge on any atom is 0.182 e.